The predicted molar refractivity (Wildman–Crippen MR) is 77.3 cm³/mol. The van der Waals surface area contributed by atoms with Crippen LogP contribution in [0.5, 0.6) is 11.5 Å². The number of carbonyl (C=O) groups is 2. The lowest BCUT2D eigenvalue weighted by Gasteiger charge is -2.11. The van der Waals surface area contributed by atoms with Gasteiger partial charge in [0.15, 0.2) is 0 Å². The fraction of sp³-hybridized carbons (Fsp3) is 0.125. The molecule has 0 radical (unpaired) electrons. The number of benzene rings is 2. The monoisotopic (exact) mass is 302 g/mol. The summed E-state index contributed by atoms with van der Waals surface area (Å²) in [5.74, 6) is -1.87. The van der Waals surface area contributed by atoms with E-state index in [1.54, 1.807) is 0 Å². The van der Waals surface area contributed by atoms with Gasteiger partial charge >= 0.3 is 11.9 Å². The van der Waals surface area contributed by atoms with Crippen molar-refractivity contribution >= 4 is 11.9 Å². The number of carboxylic acids is 1. The molecule has 22 heavy (non-hydrogen) atoms. The molecule has 0 amide bonds. The number of carbonyl (C=O) groups excluding carboxylic acids is 1. The van der Waals surface area contributed by atoms with E-state index >= 15 is 0 Å². The fourth-order valence-electron chi connectivity index (χ4n) is 2.18. The van der Waals surface area contributed by atoms with E-state index in [9.17, 15) is 24.9 Å². The Morgan fingerprint density at radius 2 is 1.45 bits per heavy atom. The van der Waals surface area contributed by atoms with Crippen LogP contribution in [-0.2, 0) is 11.2 Å². The lowest BCUT2D eigenvalue weighted by molar-refractivity contribution is 0.0599. The molecular formula is C16H14O6. The van der Waals surface area contributed by atoms with Crippen molar-refractivity contribution in [3.05, 3.63) is 58.7 Å². The smallest absolute Gasteiger partial charge is 0.338 e. The average molecular weight is 302 g/mol. The standard InChI is InChI=1S/C16H14O6/c1-22-16(21)14-5-3-12(18)8-10(14)6-9-7-11(17)2-4-13(9)15(19)20/h2-5,7-8,17-18H,6H2,1H3,(H,19,20). The first-order valence-corrected chi connectivity index (χ1v) is 6.37. The van der Waals surface area contributed by atoms with Gasteiger partial charge in [0.25, 0.3) is 0 Å². The van der Waals surface area contributed by atoms with Gasteiger partial charge in [-0.3, -0.25) is 0 Å². The van der Waals surface area contributed by atoms with E-state index < -0.39 is 11.9 Å². The van der Waals surface area contributed by atoms with E-state index in [2.05, 4.69) is 4.74 Å². The molecule has 0 saturated heterocycles. The Morgan fingerprint density at radius 1 is 0.955 bits per heavy atom. The molecule has 0 aliphatic heterocycles. The van der Waals surface area contributed by atoms with Crippen molar-refractivity contribution in [3.8, 4) is 11.5 Å². The Hall–Kier alpha value is -3.02. The molecule has 6 heteroatoms. The second-order valence-electron chi connectivity index (χ2n) is 4.66. The van der Waals surface area contributed by atoms with Crippen LogP contribution in [0.1, 0.15) is 31.8 Å². The minimum atomic E-state index is -1.14. The molecule has 3 N–H and O–H groups in total. The summed E-state index contributed by atoms with van der Waals surface area (Å²) < 4.78 is 4.67. The molecule has 0 bridgehead atoms. The number of methoxy groups -OCH3 is 1. The van der Waals surface area contributed by atoms with Gasteiger partial charge in [0.2, 0.25) is 0 Å². The van der Waals surface area contributed by atoms with Crippen molar-refractivity contribution in [2.75, 3.05) is 7.11 Å². The van der Waals surface area contributed by atoms with Crippen molar-refractivity contribution in [1.29, 1.82) is 0 Å². The predicted octanol–water partition coefficient (Wildman–Crippen LogP) is 2.17. The van der Waals surface area contributed by atoms with Gasteiger partial charge in [0.05, 0.1) is 18.2 Å². The summed E-state index contributed by atoms with van der Waals surface area (Å²) in [5, 5.41) is 28.3. The van der Waals surface area contributed by atoms with Crippen LogP contribution < -0.4 is 0 Å². The number of phenols is 2. The number of esters is 1. The summed E-state index contributed by atoms with van der Waals surface area (Å²) in [4.78, 5) is 23.0. The Morgan fingerprint density at radius 3 is 1.95 bits per heavy atom. The highest BCUT2D eigenvalue weighted by molar-refractivity contribution is 5.92. The molecule has 0 aliphatic carbocycles. The van der Waals surface area contributed by atoms with Gasteiger partial charge in [0.1, 0.15) is 11.5 Å². The number of aromatic carboxylic acids is 1. The van der Waals surface area contributed by atoms with Crippen molar-refractivity contribution < 1.29 is 29.6 Å². The van der Waals surface area contributed by atoms with E-state index in [0.717, 1.165) is 0 Å². The van der Waals surface area contributed by atoms with Gasteiger partial charge in [-0.25, -0.2) is 9.59 Å². The van der Waals surface area contributed by atoms with Crippen LogP contribution in [0.25, 0.3) is 0 Å². The van der Waals surface area contributed by atoms with Crippen molar-refractivity contribution in [1.82, 2.24) is 0 Å². The van der Waals surface area contributed by atoms with Crippen LogP contribution in [-0.4, -0.2) is 34.4 Å². The average Bonchev–Trinajstić information content (AvgIpc) is 2.46. The summed E-state index contributed by atoms with van der Waals surface area (Å²) in [7, 11) is 1.23. The normalized spacial score (nSPS) is 10.2. The summed E-state index contributed by atoms with van der Waals surface area (Å²) in [5.41, 5.74) is 0.958. The van der Waals surface area contributed by atoms with Gasteiger partial charge in [-0.05, 0) is 53.9 Å². The maximum Gasteiger partial charge on any atom is 0.338 e. The maximum absolute atomic E-state index is 11.8. The molecule has 6 nitrogen and oxygen atoms in total. The third-order valence-electron chi connectivity index (χ3n) is 3.19. The molecule has 0 heterocycles. The first-order chi connectivity index (χ1) is 10.4. The molecule has 2 aromatic rings. The largest absolute Gasteiger partial charge is 0.508 e. The SMILES string of the molecule is COC(=O)c1ccc(O)cc1Cc1cc(O)ccc1C(=O)O. The van der Waals surface area contributed by atoms with Gasteiger partial charge < -0.3 is 20.1 Å². The number of rotatable bonds is 4. The summed E-state index contributed by atoms with van der Waals surface area (Å²) in [6.07, 6.45) is 0.0505. The number of aromatic hydroxyl groups is 2. The van der Waals surface area contributed by atoms with Crippen LogP contribution >= 0.6 is 0 Å². The van der Waals surface area contributed by atoms with Crippen LogP contribution in [0, 0.1) is 0 Å². The molecular weight excluding hydrogens is 288 g/mol. The highest BCUT2D eigenvalue weighted by Crippen LogP contribution is 2.24. The summed E-state index contributed by atoms with van der Waals surface area (Å²) in [6.45, 7) is 0. The van der Waals surface area contributed by atoms with Crippen LogP contribution in [0.2, 0.25) is 0 Å². The highest BCUT2D eigenvalue weighted by Gasteiger charge is 2.17. The molecule has 0 atom stereocenters. The number of carboxylic acid groups (broad SMARTS) is 1. The summed E-state index contributed by atoms with van der Waals surface area (Å²) in [6, 6.07) is 7.98. The minimum absolute atomic E-state index is 0.0111. The van der Waals surface area contributed by atoms with Crippen LogP contribution in [0.3, 0.4) is 0 Å². The molecule has 2 aromatic carbocycles. The van der Waals surface area contributed by atoms with Gasteiger partial charge in [-0.15, -0.1) is 0 Å². The Bertz CT molecular complexity index is 735. The molecule has 0 unspecified atom stereocenters. The van der Waals surface area contributed by atoms with Gasteiger partial charge in [-0.1, -0.05) is 0 Å². The molecule has 2 rings (SSSR count). The van der Waals surface area contributed by atoms with E-state index in [4.69, 9.17) is 0 Å². The Balaban J connectivity index is 2.51. The first kappa shape index (κ1) is 15.4. The van der Waals surface area contributed by atoms with E-state index in [0.29, 0.717) is 11.1 Å². The van der Waals surface area contributed by atoms with E-state index in [1.165, 1.54) is 43.5 Å². The Labute approximate surface area is 126 Å². The second kappa shape index (κ2) is 6.17. The zero-order valence-electron chi connectivity index (χ0n) is 11.7. The molecule has 0 fully saturated rings. The van der Waals surface area contributed by atoms with Crippen LogP contribution in [0.15, 0.2) is 36.4 Å². The zero-order valence-corrected chi connectivity index (χ0v) is 11.7. The minimum Gasteiger partial charge on any atom is -0.508 e. The van der Waals surface area contributed by atoms with E-state index in [-0.39, 0.29) is 29.0 Å². The van der Waals surface area contributed by atoms with Gasteiger partial charge in [0, 0.05) is 0 Å². The number of hydrogen-bond acceptors (Lipinski definition) is 5. The number of ether oxygens (including phenoxy) is 1. The quantitative estimate of drug-likeness (QED) is 0.748. The summed E-state index contributed by atoms with van der Waals surface area (Å²) >= 11 is 0. The maximum atomic E-state index is 11.8. The molecule has 0 aromatic heterocycles. The lowest BCUT2D eigenvalue weighted by Crippen LogP contribution is -2.08. The lowest BCUT2D eigenvalue weighted by atomic mass is 9.96. The molecule has 0 saturated carbocycles. The topological polar surface area (TPSA) is 104 Å². The van der Waals surface area contributed by atoms with E-state index in [1.807, 2.05) is 0 Å². The van der Waals surface area contributed by atoms with Crippen molar-refractivity contribution in [3.63, 3.8) is 0 Å². The zero-order chi connectivity index (χ0) is 16.3. The third kappa shape index (κ3) is 3.17. The number of hydrogen-bond donors (Lipinski definition) is 3. The third-order valence-corrected chi connectivity index (χ3v) is 3.19. The first-order valence-electron chi connectivity index (χ1n) is 6.37. The second-order valence-corrected chi connectivity index (χ2v) is 4.66. The van der Waals surface area contributed by atoms with Crippen LogP contribution in [0.4, 0.5) is 0 Å². The fourth-order valence-corrected chi connectivity index (χ4v) is 2.18. The van der Waals surface area contributed by atoms with Gasteiger partial charge in [-0.2, -0.15) is 0 Å². The molecule has 114 valence electrons. The highest BCUT2D eigenvalue weighted by atomic mass is 16.5. The van der Waals surface area contributed by atoms with Crippen molar-refractivity contribution in [2.45, 2.75) is 6.42 Å². The number of phenolic OH excluding ortho intramolecular Hbond substituents is 2. The molecule has 0 aliphatic rings. The Kier molecular flexibility index (Phi) is 4.31. The van der Waals surface area contributed by atoms with Crippen molar-refractivity contribution in [2.24, 2.45) is 0 Å². The molecule has 0 spiro atoms.